The highest BCUT2D eigenvalue weighted by molar-refractivity contribution is 5.79. The Kier molecular flexibility index (Phi) is 8.23. The molecule has 7 heteroatoms. The van der Waals surface area contributed by atoms with E-state index in [4.69, 9.17) is 10.3 Å². The zero-order valence-electron chi connectivity index (χ0n) is 16.2. The van der Waals surface area contributed by atoms with Gasteiger partial charge < -0.3 is 9.64 Å². The van der Waals surface area contributed by atoms with Gasteiger partial charge in [-0.2, -0.15) is 0 Å². The summed E-state index contributed by atoms with van der Waals surface area (Å²) in [5, 5.41) is 3.67. The molecule has 2 unspecified atom stereocenters. The number of likely N-dealkylation sites (tertiary alicyclic amines) is 1. The second kappa shape index (κ2) is 9.66. The van der Waals surface area contributed by atoms with E-state index in [1.807, 2.05) is 39.5 Å². The summed E-state index contributed by atoms with van der Waals surface area (Å²) in [5.74, 6) is -0.170. The normalized spacial score (nSPS) is 18.2. The number of azide groups is 1. The molecule has 0 aliphatic carbocycles. The molecule has 1 aliphatic heterocycles. The molecule has 0 spiro atoms. The van der Waals surface area contributed by atoms with Crippen LogP contribution in [0.1, 0.15) is 66.7 Å². The minimum absolute atomic E-state index is 0.0468. The zero-order chi connectivity index (χ0) is 19.0. The first-order valence-corrected chi connectivity index (χ1v) is 9.23. The van der Waals surface area contributed by atoms with Crippen molar-refractivity contribution in [3.8, 4) is 0 Å². The Morgan fingerprint density at radius 1 is 1.28 bits per heavy atom. The molecular weight excluding hydrogens is 320 g/mol. The number of rotatable bonds is 7. The van der Waals surface area contributed by atoms with E-state index >= 15 is 0 Å². The predicted molar refractivity (Wildman–Crippen MR) is 96.8 cm³/mol. The van der Waals surface area contributed by atoms with Gasteiger partial charge in [0, 0.05) is 30.0 Å². The lowest BCUT2D eigenvalue weighted by atomic mass is 9.92. The van der Waals surface area contributed by atoms with Crippen LogP contribution in [0.5, 0.6) is 0 Å². The van der Waals surface area contributed by atoms with Crippen LogP contribution >= 0.6 is 0 Å². The van der Waals surface area contributed by atoms with Crippen molar-refractivity contribution >= 4 is 11.9 Å². The largest absolute Gasteiger partial charge is 0.460 e. The molecule has 0 aromatic rings. The molecule has 1 amide bonds. The number of hydrogen-bond acceptors (Lipinski definition) is 4. The van der Waals surface area contributed by atoms with E-state index in [0.717, 1.165) is 12.8 Å². The maximum atomic E-state index is 12.7. The number of piperidine rings is 1. The molecule has 1 fully saturated rings. The fourth-order valence-electron chi connectivity index (χ4n) is 3.07. The summed E-state index contributed by atoms with van der Waals surface area (Å²) >= 11 is 0. The summed E-state index contributed by atoms with van der Waals surface area (Å²) in [6, 6.07) is -0.0928. The first-order chi connectivity index (χ1) is 11.7. The molecule has 1 saturated heterocycles. The summed E-state index contributed by atoms with van der Waals surface area (Å²) in [7, 11) is 0. The number of nitrogens with zero attached hydrogens (tertiary/aromatic N) is 4. The molecule has 1 heterocycles. The van der Waals surface area contributed by atoms with E-state index in [1.165, 1.54) is 0 Å². The molecule has 0 aromatic heterocycles. The molecular formula is C18H32N4O3. The van der Waals surface area contributed by atoms with Crippen molar-refractivity contribution in [1.82, 2.24) is 4.90 Å². The minimum Gasteiger partial charge on any atom is -0.460 e. The fraction of sp³-hybridized carbons (Fsp3) is 0.889. The van der Waals surface area contributed by atoms with Crippen molar-refractivity contribution in [2.45, 2.75) is 78.4 Å². The predicted octanol–water partition coefficient (Wildman–Crippen LogP) is 4.07. The van der Waals surface area contributed by atoms with E-state index in [0.29, 0.717) is 32.4 Å². The van der Waals surface area contributed by atoms with E-state index in [2.05, 4.69) is 10.0 Å². The molecule has 2 atom stereocenters. The Morgan fingerprint density at radius 2 is 1.88 bits per heavy atom. The second-order valence-electron chi connectivity index (χ2n) is 7.87. The first-order valence-electron chi connectivity index (χ1n) is 9.23. The molecule has 142 valence electrons. The Balaban J connectivity index is 2.50. The number of carbonyl (C=O) groups excluding carboxylic acids is 2. The monoisotopic (exact) mass is 352 g/mol. The minimum atomic E-state index is -0.472. The van der Waals surface area contributed by atoms with Crippen molar-refractivity contribution in [2.24, 2.45) is 17.0 Å². The average molecular weight is 352 g/mol. The lowest BCUT2D eigenvalue weighted by Crippen LogP contribution is -2.44. The molecule has 0 N–H and O–H groups in total. The summed E-state index contributed by atoms with van der Waals surface area (Å²) in [5.41, 5.74) is 7.99. The highest BCUT2D eigenvalue weighted by Gasteiger charge is 2.32. The Morgan fingerprint density at radius 3 is 2.36 bits per heavy atom. The Bertz CT molecular complexity index is 501. The first kappa shape index (κ1) is 21.3. The maximum absolute atomic E-state index is 12.7. The van der Waals surface area contributed by atoms with Crippen molar-refractivity contribution in [1.29, 1.82) is 0 Å². The Labute approximate surface area is 150 Å². The van der Waals surface area contributed by atoms with Gasteiger partial charge in [-0.25, -0.2) is 0 Å². The molecule has 0 bridgehead atoms. The molecule has 0 radical (unpaired) electrons. The van der Waals surface area contributed by atoms with Gasteiger partial charge in [0.2, 0.25) is 5.91 Å². The zero-order valence-corrected chi connectivity index (χ0v) is 16.2. The van der Waals surface area contributed by atoms with Crippen molar-refractivity contribution in [3.05, 3.63) is 10.4 Å². The van der Waals surface area contributed by atoms with E-state index in [9.17, 15) is 9.59 Å². The number of hydrogen-bond donors (Lipinski definition) is 0. The van der Waals surface area contributed by atoms with Gasteiger partial charge in [-0.05, 0) is 58.4 Å². The Hall–Kier alpha value is -1.75. The highest BCUT2D eigenvalue weighted by Crippen LogP contribution is 2.24. The standard InChI is InChI=1S/C18H32N4O3/c1-6-14(8-7-13(2)20-21-19)16(23)22-11-9-15(10-12-22)17(24)25-18(3,4)5/h13-15H,6-12H2,1-5H3. The smallest absolute Gasteiger partial charge is 0.309 e. The van der Waals surface area contributed by atoms with Gasteiger partial charge in [-0.15, -0.1) is 0 Å². The van der Waals surface area contributed by atoms with Gasteiger partial charge in [-0.3, -0.25) is 9.59 Å². The quantitative estimate of drug-likeness (QED) is 0.299. The molecule has 0 saturated carbocycles. The second-order valence-corrected chi connectivity index (χ2v) is 7.87. The van der Waals surface area contributed by atoms with Crippen molar-refractivity contribution in [3.63, 3.8) is 0 Å². The summed E-state index contributed by atoms with van der Waals surface area (Å²) in [6.07, 6.45) is 3.52. The van der Waals surface area contributed by atoms with Crippen LogP contribution in [0.3, 0.4) is 0 Å². The van der Waals surface area contributed by atoms with Crippen LogP contribution in [-0.2, 0) is 14.3 Å². The van der Waals surface area contributed by atoms with Crippen LogP contribution in [0.25, 0.3) is 10.4 Å². The average Bonchev–Trinajstić information content (AvgIpc) is 2.54. The number of ether oxygens (including phenoxy) is 1. The van der Waals surface area contributed by atoms with Gasteiger partial charge in [0.05, 0.1) is 5.92 Å². The number of carbonyl (C=O) groups is 2. The van der Waals surface area contributed by atoms with Crippen LogP contribution < -0.4 is 0 Å². The summed E-state index contributed by atoms with van der Waals surface area (Å²) < 4.78 is 5.45. The van der Waals surface area contributed by atoms with Gasteiger partial charge in [-0.1, -0.05) is 19.0 Å². The van der Waals surface area contributed by atoms with Crippen LogP contribution in [0, 0.1) is 11.8 Å². The number of amides is 1. The third kappa shape index (κ3) is 7.34. The summed E-state index contributed by atoms with van der Waals surface area (Å²) in [4.78, 5) is 29.5. The molecule has 1 aliphatic rings. The third-order valence-electron chi connectivity index (χ3n) is 4.57. The van der Waals surface area contributed by atoms with Crippen LogP contribution in [0.4, 0.5) is 0 Å². The van der Waals surface area contributed by atoms with Crippen molar-refractivity contribution in [2.75, 3.05) is 13.1 Å². The third-order valence-corrected chi connectivity index (χ3v) is 4.57. The number of esters is 1. The fourth-order valence-corrected chi connectivity index (χ4v) is 3.07. The summed E-state index contributed by atoms with van der Waals surface area (Å²) in [6.45, 7) is 10.7. The highest BCUT2D eigenvalue weighted by atomic mass is 16.6. The SMILES string of the molecule is CCC(CCC(C)N=[N+]=[N-])C(=O)N1CCC(C(=O)OC(C)(C)C)CC1. The maximum Gasteiger partial charge on any atom is 0.309 e. The molecule has 1 rings (SSSR count). The molecule has 7 nitrogen and oxygen atoms in total. The van der Waals surface area contributed by atoms with Crippen LogP contribution in [0.2, 0.25) is 0 Å². The van der Waals surface area contributed by atoms with Gasteiger partial charge >= 0.3 is 5.97 Å². The van der Waals surface area contributed by atoms with E-state index in [-0.39, 0.29) is 29.8 Å². The van der Waals surface area contributed by atoms with Gasteiger partial charge in [0.15, 0.2) is 0 Å². The van der Waals surface area contributed by atoms with Gasteiger partial charge in [0.25, 0.3) is 0 Å². The van der Waals surface area contributed by atoms with Crippen LogP contribution in [0.15, 0.2) is 5.11 Å². The lowest BCUT2D eigenvalue weighted by Gasteiger charge is -2.34. The molecule has 0 aromatic carbocycles. The van der Waals surface area contributed by atoms with Gasteiger partial charge in [0.1, 0.15) is 5.60 Å². The molecule has 25 heavy (non-hydrogen) atoms. The van der Waals surface area contributed by atoms with Crippen LogP contribution in [-0.4, -0.2) is 41.5 Å². The van der Waals surface area contributed by atoms with Crippen molar-refractivity contribution < 1.29 is 14.3 Å². The van der Waals surface area contributed by atoms with E-state index < -0.39 is 5.60 Å². The van der Waals surface area contributed by atoms with E-state index in [1.54, 1.807) is 0 Å². The lowest BCUT2D eigenvalue weighted by molar-refractivity contribution is -0.162. The topological polar surface area (TPSA) is 95.4 Å².